The summed E-state index contributed by atoms with van der Waals surface area (Å²) in [5.41, 5.74) is 2.00. The van der Waals surface area contributed by atoms with Crippen LogP contribution in [0.2, 0.25) is 0 Å². The van der Waals surface area contributed by atoms with Gasteiger partial charge in [-0.25, -0.2) is 0 Å². The molecule has 0 spiro atoms. The molecule has 0 saturated carbocycles. The molecule has 3 rings (SSSR count). The van der Waals surface area contributed by atoms with Crippen molar-refractivity contribution in [3.05, 3.63) is 27.8 Å². The van der Waals surface area contributed by atoms with Crippen LogP contribution >= 0.6 is 0 Å². The summed E-state index contributed by atoms with van der Waals surface area (Å²) in [4.78, 5) is 18.0. The summed E-state index contributed by atoms with van der Waals surface area (Å²) in [5.74, 6) is 0.602. The monoisotopic (exact) mass is 348 g/mol. The molecule has 0 bridgehead atoms. The minimum atomic E-state index is -0.362. The number of non-ortho nitro benzene ring substituents is 1. The zero-order valence-electron chi connectivity index (χ0n) is 15.4. The van der Waals surface area contributed by atoms with Crippen molar-refractivity contribution < 1.29 is 9.66 Å². The van der Waals surface area contributed by atoms with Crippen LogP contribution in [0.4, 0.5) is 11.4 Å². The van der Waals surface area contributed by atoms with Gasteiger partial charge in [-0.05, 0) is 32.4 Å². The SMILES string of the molecule is COc1cc([N+](=O)[O-])cc(C)c1N1CCC(N2CCN(C)CC2)CC1. The molecule has 2 heterocycles. The summed E-state index contributed by atoms with van der Waals surface area (Å²) >= 11 is 0. The Morgan fingerprint density at radius 1 is 1.12 bits per heavy atom. The predicted octanol–water partition coefficient (Wildman–Crippen LogP) is 2.13. The number of ether oxygens (including phenoxy) is 1. The van der Waals surface area contributed by atoms with E-state index in [2.05, 4.69) is 21.7 Å². The third-order valence-electron chi connectivity index (χ3n) is 5.52. The normalized spacial score (nSPS) is 20.7. The summed E-state index contributed by atoms with van der Waals surface area (Å²) in [6.07, 6.45) is 2.26. The molecule has 0 aromatic heterocycles. The molecule has 0 N–H and O–H groups in total. The van der Waals surface area contributed by atoms with Crippen LogP contribution in [0.1, 0.15) is 18.4 Å². The molecular weight excluding hydrogens is 320 g/mol. The number of hydrogen-bond acceptors (Lipinski definition) is 6. The number of piperidine rings is 1. The van der Waals surface area contributed by atoms with Crippen LogP contribution in [-0.4, -0.2) is 74.2 Å². The van der Waals surface area contributed by atoms with Crippen molar-refractivity contribution in [2.45, 2.75) is 25.8 Å². The molecule has 1 aromatic carbocycles. The molecule has 2 aliphatic rings. The van der Waals surface area contributed by atoms with Crippen LogP contribution in [0, 0.1) is 17.0 Å². The molecule has 2 saturated heterocycles. The molecule has 138 valence electrons. The number of aryl methyl sites for hydroxylation is 1. The van der Waals surface area contributed by atoms with Gasteiger partial charge in [0.1, 0.15) is 5.75 Å². The quantitative estimate of drug-likeness (QED) is 0.614. The first-order valence-corrected chi connectivity index (χ1v) is 9.00. The fourth-order valence-electron chi connectivity index (χ4n) is 4.04. The van der Waals surface area contributed by atoms with Gasteiger partial charge in [-0.1, -0.05) is 0 Å². The van der Waals surface area contributed by atoms with Crippen molar-refractivity contribution >= 4 is 11.4 Å². The van der Waals surface area contributed by atoms with Crippen LogP contribution in [0.3, 0.4) is 0 Å². The zero-order valence-corrected chi connectivity index (χ0v) is 15.4. The van der Waals surface area contributed by atoms with Gasteiger partial charge in [0.25, 0.3) is 5.69 Å². The summed E-state index contributed by atoms with van der Waals surface area (Å²) < 4.78 is 5.46. The van der Waals surface area contributed by atoms with Gasteiger partial charge in [-0.15, -0.1) is 0 Å². The molecule has 0 radical (unpaired) electrons. The Labute approximate surface area is 149 Å². The van der Waals surface area contributed by atoms with Gasteiger partial charge < -0.3 is 14.5 Å². The first-order valence-electron chi connectivity index (χ1n) is 9.00. The lowest BCUT2D eigenvalue weighted by atomic mass is 10.00. The lowest BCUT2D eigenvalue weighted by molar-refractivity contribution is -0.385. The number of hydrogen-bond donors (Lipinski definition) is 0. The van der Waals surface area contributed by atoms with Crippen molar-refractivity contribution in [1.82, 2.24) is 9.80 Å². The Morgan fingerprint density at radius 3 is 2.32 bits per heavy atom. The molecule has 7 heteroatoms. The summed E-state index contributed by atoms with van der Waals surface area (Å²) in [6, 6.07) is 3.83. The second-order valence-electron chi connectivity index (χ2n) is 7.13. The first-order chi connectivity index (χ1) is 12.0. The van der Waals surface area contributed by atoms with E-state index >= 15 is 0 Å². The number of benzene rings is 1. The van der Waals surface area contributed by atoms with Gasteiger partial charge in [0.15, 0.2) is 0 Å². The fourth-order valence-corrected chi connectivity index (χ4v) is 4.04. The van der Waals surface area contributed by atoms with E-state index in [1.165, 1.54) is 6.07 Å². The lowest BCUT2D eigenvalue weighted by Gasteiger charge is -2.43. The molecule has 0 unspecified atom stereocenters. The average molecular weight is 348 g/mol. The van der Waals surface area contributed by atoms with Gasteiger partial charge in [0.2, 0.25) is 0 Å². The molecule has 2 fully saturated rings. The Kier molecular flexibility index (Phi) is 5.44. The topological polar surface area (TPSA) is 62.1 Å². The second-order valence-corrected chi connectivity index (χ2v) is 7.13. The Morgan fingerprint density at radius 2 is 1.76 bits per heavy atom. The number of methoxy groups -OCH3 is 1. The largest absolute Gasteiger partial charge is 0.494 e. The maximum Gasteiger partial charge on any atom is 0.273 e. The van der Waals surface area contributed by atoms with E-state index in [0.717, 1.165) is 63.4 Å². The van der Waals surface area contributed by atoms with Gasteiger partial charge in [-0.3, -0.25) is 15.0 Å². The Bertz CT molecular complexity index is 621. The highest BCUT2D eigenvalue weighted by Gasteiger charge is 2.29. The van der Waals surface area contributed by atoms with Crippen LogP contribution in [0.5, 0.6) is 5.75 Å². The molecular formula is C18H28N4O3. The highest BCUT2D eigenvalue weighted by molar-refractivity contribution is 5.67. The minimum Gasteiger partial charge on any atom is -0.494 e. The number of nitrogens with zero attached hydrogens (tertiary/aromatic N) is 4. The van der Waals surface area contributed by atoms with E-state index in [1.54, 1.807) is 13.2 Å². The van der Waals surface area contributed by atoms with E-state index in [4.69, 9.17) is 4.74 Å². The third-order valence-corrected chi connectivity index (χ3v) is 5.52. The Balaban J connectivity index is 1.69. The predicted molar refractivity (Wildman–Crippen MR) is 98.7 cm³/mol. The van der Waals surface area contributed by atoms with E-state index in [9.17, 15) is 10.1 Å². The van der Waals surface area contributed by atoms with Crippen molar-refractivity contribution in [3.8, 4) is 5.75 Å². The van der Waals surface area contributed by atoms with Crippen molar-refractivity contribution in [3.63, 3.8) is 0 Å². The van der Waals surface area contributed by atoms with E-state index in [0.29, 0.717) is 11.8 Å². The van der Waals surface area contributed by atoms with Gasteiger partial charge in [0.05, 0.1) is 23.8 Å². The molecule has 25 heavy (non-hydrogen) atoms. The molecule has 0 atom stereocenters. The van der Waals surface area contributed by atoms with Gasteiger partial charge in [-0.2, -0.15) is 0 Å². The maximum absolute atomic E-state index is 11.1. The first kappa shape index (κ1) is 17.9. The summed E-state index contributed by atoms with van der Waals surface area (Å²) in [5, 5.41) is 11.1. The number of anilines is 1. The number of piperazine rings is 1. The summed E-state index contributed by atoms with van der Waals surface area (Å²) in [6.45, 7) is 8.46. The van der Waals surface area contributed by atoms with Crippen molar-refractivity contribution in [1.29, 1.82) is 0 Å². The van der Waals surface area contributed by atoms with E-state index in [-0.39, 0.29) is 10.6 Å². The van der Waals surface area contributed by atoms with E-state index < -0.39 is 0 Å². The Hall–Kier alpha value is -1.86. The lowest BCUT2D eigenvalue weighted by Crippen LogP contribution is -2.52. The second kappa shape index (κ2) is 7.58. The number of rotatable bonds is 4. The molecule has 0 amide bonds. The van der Waals surface area contributed by atoms with Gasteiger partial charge >= 0.3 is 0 Å². The highest BCUT2D eigenvalue weighted by Crippen LogP contribution is 2.37. The maximum atomic E-state index is 11.1. The van der Waals surface area contributed by atoms with Gasteiger partial charge in [0, 0.05) is 51.4 Å². The molecule has 2 aliphatic heterocycles. The van der Waals surface area contributed by atoms with Crippen LogP contribution in [-0.2, 0) is 0 Å². The van der Waals surface area contributed by atoms with Crippen molar-refractivity contribution in [2.75, 3.05) is 58.3 Å². The smallest absolute Gasteiger partial charge is 0.273 e. The summed E-state index contributed by atoms with van der Waals surface area (Å²) in [7, 11) is 3.77. The molecule has 7 nitrogen and oxygen atoms in total. The van der Waals surface area contributed by atoms with Crippen LogP contribution in [0.25, 0.3) is 0 Å². The average Bonchev–Trinajstić information content (AvgIpc) is 2.62. The fraction of sp³-hybridized carbons (Fsp3) is 0.667. The standard InChI is InChI=1S/C18H28N4O3/c1-14-12-16(22(23)24)13-17(25-3)18(14)21-6-4-15(5-7-21)20-10-8-19(2)9-11-20/h12-13,15H,4-11H2,1-3H3. The van der Waals surface area contributed by atoms with Crippen molar-refractivity contribution in [2.24, 2.45) is 0 Å². The molecule has 0 aliphatic carbocycles. The minimum absolute atomic E-state index is 0.0884. The van der Waals surface area contributed by atoms with Crippen LogP contribution in [0.15, 0.2) is 12.1 Å². The zero-order chi connectivity index (χ0) is 18.0. The molecule has 1 aromatic rings. The number of nitro benzene ring substituents is 1. The highest BCUT2D eigenvalue weighted by atomic mass is 16.6. The number of likely N-dealkylation sites (N-methyl/N-ethyl adjacent to an activating group) is 1. The van der Waals surface area contributed by atoms with E-state index in [1.807, 2.05) is 6.92 Å². The van der Waals surface area contributed by atoms with Crippen LogP contribution < -0.4 is 9.64 Å². The third kappa shape index (κ3) is 3.88. The number of nitro groups is 1.